The Morgan fingerprint density at radius 2 is 2.31 bits per heavy atom. The van der Waals surface area contributed by atoms with Crippen LogP contribution in [0.4, 0.5) is 0 Å². The van der Waals surface area contributed by atoms with Crippen LogP contribution in [0.3, 0.4) is 0 Å². The van der Waals surface area contributed by atoms with Crippen molar-refractivity contribution in [2.24, 2.45) is 16.6 Å². The number of likely N-dealkylation sites (tertiary alicyclic amines) is 1. The molecular formula is C12H25N3O. The van der Waals surface area contributed by atoms with Crippen LogP contribution in [-0.2, 0) is 4.74 Å². The molecule has 1 rings (SSSR count). The first-order valence-corrected chi connectivity index (χ1v) is 6.26. The van der Waals surface area contributed by atoms with Crippen LogP contribution in [0.5, 0.6) is 0 Å². The van der Waals surface area contributed by atoms with E-state index < -0.39 is 0 Å². The number of nitrogens with two attached hydrogens (primary N) is 1. The molecule has 1 unspecified atom stereocenters. The first-order valence-electron chi connectivity index (χ1n) is 6.26. The molecule has 0 bridgehead atoms. The Kier molecular flexibility index (Phi) is 5.60. The van der Waals surface area contributed by atoms with Crippen LogP contribution in [0, 0.1) is 5.92 Å². The molecule has 0 aromatic carbocycles. The van der Waals surface area contributed by atoms with E-state index in [9.17, 15) is 0 Å². The summed E-state index contributed by atoms with van der Waals surface area (Å²) in [5, 5.41) is 0. The van der Waals surface area contributed by atoms with Gasteiger partial charge in [0.25, 0.3) is 0 Å². The molecule has 0 saturated carbocycles. The summed E-state index contributed by atoms with van der Waals surface area (Å²) in [5.74, 6) is 1.41. The van der Waals surface area contributed by atoms with Crippen molar-refractivity contribution in [3.05, 3.63) is 0 Å². The van der Waals surface area contributed by atoms with Crippen molar-refractivity contribution < 1.29 is 4.74 Å². The van der Waals surface area contributed by atoms with E-state index in [2.05, 4.69) is 16.8 Å². The number of hydrogen-bond acceptors (Lipinski definition) is 2. The van der Waals surface area contributed by atoms with Crippen LogP contribution in [0.2, 0.25) is 0 Å². The molecule has 0 amide bonds. The maximum absolute atomic E-state index is 5.95. The fraction of sp³-hybridized carbons (Fsp3) is 0.917. The second kappa shape index (κ2) is 6.74. The van der Waals surface area contributed by atoms with Crippen molar-refractivity contribution in [2.75, 3.05) is 26.2 Å². The van der Waals surface area contributed by atoms with Gasteiger partial charge >= 0.3 is 0 Å². The zero-order valence-corrected chi connectivity index (χ0v) is 10.8. The van der Waals surface area contributed by atoms with Gasteiger partial charge in [-0.2, -0.15) is 0 Å². The standard InChI is InChI=1S/C12H25N3O/c1-10(2)16-8-6-14-12(13)15-7-4-5-11(3)9-15/h10-11H,4-9H2,1-3H3,(H2,13,14). The molecule has 4 heteroatoms. The number of aliphatic imine (C=N–C) groups is 1. The summed E-state index contributed by atoms with van der Waals surface area (Å²) < 4.78 is 5.42. The third kappa shape index (κ3) is 4.84. The predicted molar refractivity (Wildman–Crippen MR) is 67.5 cm³/mol. The number of piperidine rings is 1. The normalized spacial score (nSPS) is 22.9. The number of nitrogens with zero attached hydrogens (tertiary/aromatic N) is 2. The van der Waals surface area contributed by atoms with Crippen molar-refractivity contribution in [3.63, 3.8) is 0 Å². The molecule has 16 heavy (non-hydrogen) atoms. The highest BCUT2D eigenvalue weighted by Gasteiger charge is 2.17. The van der Waals surface area contributed by atoms with E-state index in [0.717, 1.165) is 19.0 Å². The largest absolute Gasteiger partial charge is 0.377 e. The predicted octanol–water partition coefficient (Wildman–Crippen LogP) is 1.46. The van der Waals surface area contributed by atoms with Crippen molar-refractivity contribution >= 4 is 5.96 Å². The van der Waals surface area contributed by atoms with Crippen molar-refractivity contribution in [3.8, 4) is 0 Å². The third-order valence-electron chi connectivity index (χ3n) is 2.80. The summed E-state index contributed by atoms with van der Waals surface area (Å²) in [6.45, 7) is 9.72. The summed E-state index contributed by atoms with van der Waals surface area (Å²) in [4.78, 5) is 6.53. The lowest BCUT2D eigenvalue weighted by atomic mass is 10.0. The molecule has 2 N–H and O–H groups in total. The Balaban J connectivity index is 2.26. The van der Waals surface area contributed by atoms with Crippen molar-refractivity contribution in [1.29, 1.82) is 0 Å². The Bertz CT molecular complexity index is 228. The van der Waals surface area contributed by atoms with Gasteiger partial charge in [-0.1, -0.05) is 6.92 Å². The van der Waals surface area contributed by atoms with Gasteiger partial charge in [0.05, 0.1) is 19.3 Å². The highest BCUT2D eigenvalue weighted by Crippen LogP contribution is 2.14. The van der Waals surface area contributed by atoms with E-state index in [-0.39, 0.29) is 6.10 Å². The van der Waals surface area contributed by atoms with E-state index in [1.54, 1.807) is 0 Å². The van der Waals surface area contributed by atoms with Gasteiger partial charge in [-0.3, -0.25) is 4.99 Å². The van der Waals surface area contributed by atoms with Crippen LogP contribution < -0.4 is 5.73 Å². The topological polar surface area (TPSA) is 50.8 Å². The summed E-state index contributed by atoms with van der Waals surface area (Å²) in [6.07, 6.45) is 2.80. The molecule has 1 atom stereocenters. The third-order valence-corrected chi connectivity index (χ3v) is 2.80. The monoisotopic (exact) mass is 227 g/mol. The Labute approximate surface area is 98.9 Å². The molecule has 1 fully saturated rings. The molecule has 1 aliphatic rings. The summed E-state index contributed by atoms with van der Waals surface area (Å²) >= 11 is 0. The SMILES string of the molecule is CC1CCCN(C(N)=NCCOC(C)C)C1. The minimum Gasteiger partial charge on any atom is -0.377 e. The van der Waals surface area contributed by atoms with Crippen molar-refractivity contribution in [2.45, 2.75) is 39.7 Å². The van der Waals surface area contributed by atoms with E-state index in [1.807, 2.05) is 13.8 Å². The van der Waals surface area contributed by atoms with Gasteiger partial charge in [-0.25, -0.2) is 0 Å². The van der Waals surface area contributed by atoms with Crippen LogP contribution in [0.25, 0.3) is 0 Å². The molecule has 0 aromatic rings. The maximum Gasteiger partial charge on any atom is 0.191 e. The summed E-state index contributed by atoms with van der Waals surface area (Å²) in [5.41, 5.74) is 5.95. The Hall–Kier alpha value is -0.770. The van der Waals surface area contributed by atoms with Gasteiger partial charge in [0.15, 0.2) is 5.96 Å². The van der Waals surface area contributed by atoms with Gasteiger partial charge in [0, 0.05) is 13.1 Å². The molecule has 4 nitrogen and oxygen atoms in total. The molecule has 1 saturated heterocycles. The lowest BCUT2D eigenvalue weighted by Crippen LogP contribution is -2.43. The van der Waals surface area contributed by atoms with Crippen LogP contribution in [0.15, 0.2) is 4.99 Å². The summed E-state index contributed by atoms with van der Waals surface area (Å²) in [6, 6.07) is 0. The number of rotatable bonds is 4. The quantitative estimate of drug-likeness (QED) is 0.449. The second-order valence-electron chi connectivity index (χ2n) is 4.85. The van der Waals surface area contributed by atoms with Gasteiger partial charge in [-0.15, -0.1) is 0 Å². The molecule has 0 aliphatic carbocycles. The van der Waals surface area contributed by atoms with E-state index in [1.165, 1.54) is 12.8 Å². The Morgan fingerprint density at radius 3 is 2.94 bits per heavy atom. The second-order valence-corrected chi connectivity index (χ2v) is 4.85. The van der Waals surface area contributed by atoms with E-state index >= 15 is 0 Å². The molecule has 1 aliphatic heterocycles. The molecule has 94 valence electrons. The lowest BCUT2D eigenvalue weighted by Gasteiger charge is -2.31. The minimum atomic E-state index is 0.270. The van der Waals surface area contributed by atoms with Crippen LogP contribution in [0.1, 0.15) is 33.6 Å². The molecular weight excluding hydrogens is 202 g/mol. The summed E-state index contributed by atoms with van der Waals surface area (Å²) in [7, 11) is 0. The zero-order chi connectivity index (χ0) is 12.0. The molecule has 0 radical (unpaired) electrons. The van der Waals surface area contributed by atoms with E-state index in [0.29, 0.717) is 19.1 Å². The van der Waals surface area contributed by atoms with Gasteiger partial charge in [0.1, 0.15) is 0 Å². The maximum atomic E-state index is 5.95. The zero-order valence-electron chi connectivity index (χ0n) is 10.8. The smallest absolute Gasteiger partial charge is 0.191 e. The first kappa shape index (κ1) is 13.3. The highest BCUT2D eigenvalue weighted by molar-refractivity contribution is 5.78. The molecule has 0 spiro atoms. The average molecular weight is 227 g/mol. The number of ether oxygens (including phenoxy) is 1. The average Bonchev–Trinajstić information content (AvgIpc) is 2.24. The molecule has 0 aromatic heterocycles. The number of guanidine groups is 1. The number of hydrogen-bond donors (Lipinski definition) is 1. The molecule has 1 heterocycles. The van der Waals surface area contributed by atoms with E-state index in [4.69, 9.17) is 10.5 Å². The van der Waals surface area contributed by atoms with Gasteiger partial charge in [0.2, 0.25) is 0 Å². The van der Waals surface area contributed by atoms with Crippen molar-refractivity contribution in [1.82, 2.24) is 4.90 Å². The van der Waals surface area contributed by atoms with Crippen LogP contribution in [-0.4, -0.2) is 43.2 Å². The van der Waals surface area contributed by atoms with Gasteiger partial charge < -0.3 is 15.4 Å². The first-order chi connectivity index (χ1) is 7.59. The van der Waals surface area contributed by atoms with Crippen LogP contribution >= 0.6 is 0 Å². The Morgan fingerprint density at radius 1 is 1.56 bits per heavy atom. The minimum absolute atomic E-state index is 0.270. The highest BCUT2D eigenvalue weighted by atomic mass is 16.5. The fourth-order valence-electron chi connectivity index (χ4n) is 1.95. The lowest BCUT2D eigenvalue weighted by molar-refractivity contribution is 0.0851. The van der Waals surface area contributed by atoms with Gasteiger partial charge in [-0.05, 0) is 32.6 Å². The fourth-order valence-corrected chi connectivity index (χ4v) is 1.95.